The summed E-state index contributed by atoms with van der Waals surface area (Å²) < 4.78 is 0. The number of amides is 1. The van der Waals surface area contributed by atoms with Crippen molar-refractivity contribution in [2.45, 2.75) is 24.4 Å². The number of hydrazone groups is 1. The molecule has 0 aliphatic rings. The molecule has 4 atom stereocenters. The summed E-state index contributed by atoms with van der Waals surface area (Å²) in [7, 11) is 0. The van der Waals surface area contributed by atoms with E-state index in [-0.39, 0.29) is 5.56 Å². The molecular formula is C12H15N3O7. The zero-order chi connectivity index (χ0) is 16.7. The van der Waals surface area contributed by atoms with E-state index in [2.05, 4.69) is 10.1 Å². The van der Waals surface area contributed by atoms with Crippen molar-refractivity contribution in [2.24, 2.45) is 5.10 Å². The van der Waals surface area contributed by atoms with Crippen LogP contribution in [0.15, 0.2) is 29.6 Å². The average molecular weight is 313 g/mol. The highest BCUT2D eigenvalue weighted by Gasteiger charge is 2.33. The van der Waals surface area contributed by atoms with E-state index in [0.29, 0.717) is 6.21 Å². The normalized spacial score (nSPS) is 16.7. The van der Waals surface area contributed by atoms with Gasteiger partial charge in [-0.25, -0.2) is 10.2 Å². The molecule has 0 bridgehead atoms. The first-order valence-corrected chi connectivity index (χ1v) is 6.03. The van der Waals surface area contributed by atoms with Crippen LogP contribution in [0.1, 0.15) is 10.4 Å². The predicted molar refractivity (Wildman–Crippen MR) is 71.9 cm³/mol. The summed E-state index contributed by atoms with van der Waals surface area (Å²) in [5.74, 6) is -2.37. The van der Waals surface area contributed by atoms with Crippen molar-refractivity contribution < 1.29 is 35.1 Å². The van der Waals surface area contributed by atoms with E-state index in [1.165, 1.54) is 24.5 Å². The Labute approximate surface area is 124 Å². The molecule has 0 unspecified atom stereocenters. The lowest BCUT2D eigenvalue weighted by atomic mass is 10.0. The molecule has 1 rings (SSSR count). The second kappa shape index (κ2) is 8.14. The number of carbonyl (C=O) groups excluding carboxylic acids is 1. The third kappa shape index (κ3) is 4.86. The Morgan fingerprint density at radius 2 is 1.73 bits per heavy atom. The maximum absolute atomic E-state index is 11.6. The summed E-state index contributed by atoms with van der Waals surface area (Å²) in [6, 6.07) is 2.84. The number of aromatic nitrogens is 1. The van der Waals surface area contributed by atoms with Gasteiger partial charge in [0.05, 0.1) is 6.21 Å². The number of nitrogens with zero attached hydrogens (tertiary/aromatic N) is 2. The number of carboxylic acid groups (broad SMARTS) is 1. The molecule has 0 aliphatic carbocycles. The number of carbonyl (C=O) groups is 2. The van der Waals surface area contributed by atoms with E-state index in [1.807, 2.05) is 5.43 Å². The first-order valence-electron chi connectivity index (χ1n) is 6.03. The monoisotopic (exact) mass is 313 g/mol. The molecule has 10 heteroatoms. The largest absolute Gasteiger partial charge is 0.479 e. The van der Waals surface area contributed by atoms with Crippen LogP contribution < -0.4 is 5.43 Å². The number of hydrogen-bond donors (Lipinski definition) is 6. The quantitative estimate of drug-likeness (QED) is 0.233. The summed E-state index contributed by atoms with van der Waals surface area (Å²) in [6.07, 6.45) is -4.75. The lowest BCUT2D eigenvalue weighted by molar-refractivity contribution is -0.160. The van der Waals surface area contributed by atoms with E-state index in [9.17, 15) is 24.9 Å². The van der Waals surface area contributed by atoms with Gasteiger partial charge in [-0.15, -0.1) is 0 Å². The highest BCUT2D eigenvalue weighted by atomic mass is 16.4. The van der Waals surface area contributed by atoms with E-state index in [1.54, 1.807) is 0 Å². The van der Waals surface area contributed by atoms with Crippen molar-refractivity contribution in [3.05, 3.63) is 30.1 Å². The number of rotatable bonds is 7. The summed E-state index contributed by atoms with van der Waals surface area (Å²) >= 11 is 0. The molecule has 22 heavy (non-hydrogen) atoms. The Hall–Kier alpha value is -2.40. The molecule has 0 spiro atoms. The molecule has 1 amide bonds. The highest BCUT2D eigenvalue weighted by molar-refractivity contribution is 5.94. The average Bonchev–Trinajstić information content (AvgIpc) is 2.53. The number of aliphatic hydroxyl groups excluding tert-OH is 4. The minimum Gasteiger partial charge on any atom is -0.479 e. The molecule has 0 fully saturated rings. The van der Waals surface area contributed by atoms with Gasteiger partial charge < -0.3 is 25.5 Å². The van der Waals surface area contributed by atoms with Gasteiger partial charge in [-0.1, -0.05) is 0 Å². The van der Waals surface area contributed by atoms with Crippen LogP contribution in [-0.4, -0.2) is 73.0 Å². The van der Waals surface area contributed by atoms with Gasteiger partial charge in [-0.3, -0.25) is 9.78 Å². The van der Waals surface area contributed by atoms with Gasteiger partial charge in [-0.05, 0) is 12.1 Å². The SMILES string of the molecule is O=C(N/N=C\[C@@H](O)[C@@H](O)[C@H](O)[C@H](O)C(=O)O)c1ccncc1. The fraction of sp³-hybridized carbons (Fsp3) is 0.333. The maximum Gasteiger partial charge on any atom is 0.335 e. The number of carboxylic acids is 1. The Morgan fingerprint density at radius 3 is 2.27 bits per heavy atom. The first kappa shape index (κ1) is 17.7. The van der Waals surface area contributed by atoms with Crippen molar-refractivity contribution >= 4 is 18.1 Å². The van der Waals surface area contributed by atoms with Gasteiger partial charge in [0.2, 0.25) is 0 Å². The topological polar surface area (TPSA) is 173 Å². The summed E-state index contributed by atoms with van der Waals surface area (Å²) in [6.45, 7) is 0. The van der Waals surface area contributed by atoms with Crippen molar-refractivity contribution in [2.75, 3.05) is 0 Å². The molecule has 120 valence electrons. The van der Waals surface area contributed by atoms with Crippen molar-refractivity contribution in [3.8, 4) is 0 Å². The number of pyridine rings is 1. The fourth-order valence-electron chi connectivity index (χ4n) is 1.36. The first-order chi connectivity index (χ1) is 10.3. The standard InChI is InChI=1S/C12H15N3O7/c16-7(8(17)9(18)10(19)12(21)22)5-14-15-11(20)6-1-3-13-4-2-6/h1-5,7-10,16-19H,(H,15,20)(H,21,22)/b14-5-/t7-,8-,9+,10+/m1/s1. The summed E-state index contributed by atoms with van der Waals surface area (Å²) in [4.78, 5) is 25.7. The fourth-order valence-corrected chi connectivity index (χ4v) is 1.36. The lowest BCUT2D eigenvalue weighted by Crippen LogP contribution is -2.48. The van der Waals surface area contributed by atoms with Crippen LogP contribution in [0, 0.1) is 0 Å². The minimum atomic E-state index is -2.27. The van der Waals surface area contributed by atoms with E-state index < -0.39 is 36.3 Å². The van der Waals surface area contributed by atoms with Gasteiger partial charge >= 0.3 is 5.97 Å². The Balaban J connectivity index is 2.55. The van der Waals surface area contributed by atoms with Gasteiger partial charge in [0.25, 0.3) is 5.91 Å². The van der Waals surface area contributed by atoms with E-state index >= 15 is 0 Å². The second-order valence-corrected chi connectivity index (χ2v) is 4.21. The predicted octanol–water partition coefficient (Wildman–Crippen LogP) is -2.67. The zero-order valence-corrected chi connectivity index (χ0v) is 11.1. The minimum absolute atomic E-state index is 0.253. The Morgan fingerprint density at radius 1 is 1.14 bits per heavy atom. The van der Waals surface area contributed by atoms with E-state index in [4.69, 9.17) is 10.2 Å². The van der Waals surface area contributed by atoms with Crippen LogP contribution in [0.2, 0.25) is 0 Å². The Bertz CT molecular complexity index is 537. The lowest BCUT2D eigenvalue weighted by Gasteiger charge is -2.22. The molecule has 1 aromatic rings. The van der Waals surface area contributed by atoms with Crippen LogP contribution in [0.25, 0.3) is 0 Å². The molecule has 0 radical (unpaired) electrons. The zero-order valence-electron chi connectivity index (χ0n) is 11.1. The molecule has 0 aromatic carbocycles. The highest BCUT2D eigenvalue weighted by Crippen LogP contribution is 2.04. The van der Waals surface area contributed by atoms with Gasteiger partial charge in [0.15, 0.2) is 6.10 Å². The molecule has 0 saturated heterocycles. The van der Waals surface area contributed by atoms with Gasteiger partial charge in [-0.2, -0.15) is 5.10 Å². The van der Waals surface area contributed by atoms with Crippen LogP contribution in [0.5, 0.6) is 0 Å². The van der Waals surface area contributed by atoms with E-state index in [0.717, 1.165) is 0 Å². The van der Waals surface area contributed by atoms with Gasteiger partial charge in [0, 0.05) is 18.0 Å². The van der Waals surface area contributed by atoms with Crippen LogP contribution in [0.4, 0.5) is 0 Å². The Kier molecular flexibility index (Phi) is 6.53. The molecule has 1 aromatic heterocycles. The number of hydrogen-bond acceptors (Lipinski definition) is 8. The second-order valence-electron chi connectivity index (χ2n) is 4.21. The molecule has 0 saturated carbocycles. The number of nitrogens with one attached hydrogen (secondary N) is 1. The molecule has 0 aliphatic heterocycles. The van der Waals surface area contributed by atoms with Crippen LogP contribution in [-0.2, 0) is 4.79 Å². The van der Waals surface area contributed by atoms with Gasteiger partial charge in [0.1, 0.15) is 18.3 Å². The summed E-state index contributed by atoms with van der Waals surface area (Å²) in [5.41, 5.74) is 2.30. The number of aliphatic hydroxyl groups is 4. The number of aliphatic carboxylic acids is 1. The van der Waals surface area contributed by atoms with Crippen molar-refractivity contribution in [1.29, 1.82) is 0 Å². The molecule has 6 N–H and O–H groups in total. The van der Waals surface area contributed by atoms with Crippen molar-refractivity contribution in [3.63, 3.8) is 0 Å². The molecular weight excluding hydrogens is 298 g/mol. The molecule has 1 heterocycles. The third-order valence-electron chi connectivity index (χ3n) is 2.61. The molecule has 10 nitrogen and oxygen atoms in total. The smallest absolute Gasteiger partial charge is 0.335 e. The van der Waals surface area contributed by atoms with Crippen LogP contribution >= 0.6 is 0 Å². The summed E-state index contributed by atoms with van der Waals surface area (Å²) in [5, 5.41) is 49.1. The maximum atomic E-state index is 11.6. The van der Waals surface area contributed by atoms with Crippen molar-refractivity contribution in [1.82, 2.24) is 10.4 Å². The third-order valence-corrected chi connectivity index (χ3v) is 2.61. The van der Waals surface area contributed by atoms with Crippen LogP contribution in [0.3, 0.4) is 0 Å².